The maximum atomic E-state index is 11.2. The molecule has 0 amide bonds. The first kappa shape index (κ1) is 13.5. The first-order valence-corrected chi connectivity index (χ1v) is 5.73. The van der Waals surface area contributed by atoms with Crippen LogP contribution in [0.4, 0.5) is 0 Å². The molecule has 0 bridgehead atoms. The lowest BCUT2D eigenvalue weighted by Crippen LogP contribution is -2.16. The van der Waals surface area contributed by atoms with Gasteiger partial charge in [0.1, 0.15) is 5.76 Å². The maximum absolute atomic E-state index is 11.2. The van der Waals surface area contributed by atoms with Crippen LogP contribution in [0.2, 0.25) is 0 Å². The highest BCUT2D eigenvalue weighted by molar-refractivity contribution is 5.86. The Balaban J connectivity index is 2.58. The first-order valence-electron chi connectivity index (χ1n) is 5.73. The van der Waals surface area contributed by atoms with Gasteiger partial charge >= 0.3 is 5.97 Å². The fourth-order valence-corrected chi connectivity index (χ4v) is 1.40. The predicted octanol–water partition coefficient (Wildman–Crippen LogP) is 2.47. The van der Waals surface area contributed by atoms with Crippen LogP contribution in [0, 0.1) is 0 Å². The zero-order chi connectivity index (χ0) is 12.7. The fourth-order valence-electron chi connectivity index (χ4n) is 1.40. The van der Waals surface area contributed by atoms with Gasteiger partial charge in [-0.3, -0.25) is 0 Å². The molecule has 0 fully saturated rings. The molecule has 4 heteroatoms. The standard InChI is InChI=1S/C13H19NO3/c1-4-7-14-9-10(2)8-11-5-6-12(17-11)13(15)16-3/h5-6,8,14H,4,7,9H2,1-3H3. The van der Waals surface area contributed by atoms with Crippen LogP contribution in [-0.2, 0) is 4.74 Å². The van der Waals surface area contributed by atoms with Gasteiger partial charge in [-0.05, 0) is 38.1 Å². The number of hydrogen-bond acceptors (Lipinski definition) is 4. The van der Waals surface area contributed by atoms with Crippen molar-refractivity contribution < 1.29 is 13.9 Å². The molecule has 0 aromatic carbocycles. The van der Waals surface area contributed by atoms with Crippen LogP contribution < -0.4 is 5.32 Å². The van der Waals surface area contributed by atoms with Crippen molar-refractivity contribution in [1.29, 1.82) is 0 Å². The highest BCUT2D eigenvalue weighted by Crippen LogP contribution is 2.12. The number of carbonyl (C=O) groups is 1. The van der Waals surface area contributed by atoms with E-state index in [0.29, 0.717) is 5.76 Å². The second kappa shape index (κ2) is 6.91. The van der Waals surface area contributed by atoms with Crippen molar-refractivity contribution in [2.24, 2.45) is 0 Å². The van der Waals surface area contributed by atoms with Crippen molar-refractivity contribution in [2.45, 2.75) is 20.3 Å². The third-order valence-electron chi connectivity index (χ3n) is 2.23. The molecule has 0 unspecified atom stereocenters. The Morgan fingerprint density at radius 1 is 1.53 bits per heavy atom. The van der Waals surface area contributed by atoms with Gasteiger partial charge in [0.15, 0.2) is 0 Å². The van der Waals surface area contributed by atoms with Gasteiger partial charge in [0.2, 0.25) is 5.76 Å². The quantitative estimate of drug-likeness (QED) is 0.610. The van der Waals surface area contributed by atoms with E-state index in [1.807, 2.05) is 13.0 Å². The van der Waals surface area contributed by atoms with Crippen LogP contribution in [0.1, 0.15) is 36.6 Å². The Morgan fingerprint density at radius 2 is 2.29 bits per heavy atom. The molecule has 0 saturated carbocycles. The first-order chi connectivity index (χ1) is 8.17. The van der Waals surface area contributed by atoms with Crippen LogP contribution in [0.3, 0.4) is 0 Å². The molecule has 0 radical (unpaired) electrons. The molecule has 94 valence electrons. The molecule has 0 aliphatic heterocycles. The molecule has 1 rings (SSSR count). The summed E-state index contributed by atoms with van der Waals surface area (Å²) in [4.78, 5) is 11.2. The number of furan rings is 1. The summed E-state index contributed by atoms with van der Waals surface area (Å²) in [5.74, 6) is 0.445. The van der Waals surface area contributed by atoms with E-state index in [2.05, 4.69) is 17.0 Å². The minimum atomic E-state index is -0.452. The third-order valence-corrected chi connectivity index (χ3v) is 2.23. The number of methoxy groups -OCH3 is 1. The van der Waals surface area contributed by atoms with E-state index in [9.17, 15) is 4.79 Å². The minimum Gasteiger partial charge on any atom is -0.463 e. The van der Waals surface area contributed by atoms with Gasteiger partial charge in [0.05, 0.1) is 7.11 Å². The number of carbonyl (C=O) groups excluding carboxylic acids is 1. The molecule has 4 nitrogen and oxygen atoms in total. The molecule has 0 spiro atoms. The van der Waals surface area contributed by atoms with Crippen molar-refractivity contribution >= 4 is 12.0 Å². The Kier molecular flexibility index (Phi) is 5.49. The lowest BCUT2D eigenvalue weighted by atomic mass is 10.2. The molecule has 0 atom stereocenters. The Labute approximate surface area is 102 Å². The summed E-state index contributed by atoms with van der Waals surface area (Å²) in [6.07, 6.45) is 3.02. The topological polar surface area (TPSA) is 51.5 Å². The van der Waals surface area contributed by atoms with E-state index in [1.54, 1.807) is 12.1 Å². The Morgan fingerprint density at radius 3 is 2.94 bits per heavy atom. The predicted molar refractivity (Wildman–Crippen MR) is 66.9 cm³/mol. The van der Waals surface area contributed by atoms with E-state index >= 15 is 0 Å². The normalized spacial score (nSPS) is 11.6. The molecular weight excluding hydrogens is 218 g/mol. The molecular formula is C13H19NO3. The van der Waals surface area contributed by atoms with E-state index in [0.717, 1.165) is 25.1 Å². The zero-order valence-corrected chi connectivity index (χ0v) is 10.6. The summed E-state index contributed by atoms with van der Waals surface area (Å²) in [5.41, 5.74) is 1.16. The van der Waals surface area contributed by atoms with Crippen LogP contribution in [0.25, 0.3) is 6.08 Å². The smallest absolute Gasteiger partial charge is 0.373 e. The van der Waals surface area contributed by atoms with E-state index < -0.39 is 5.97 Å². The van der Waals surface area contributed by atoms with E-state index in [1.165, 1.54) is 7.11 Å². The average Bonchev–Trinajstić information content (AvgIpc) is 2.77. The molecule has 17 heavy (non-hydrogen) atoms. The van der Waals surface area contributed by atoms with Crippen LogP contribution in [-0.4, -0.2) is 26.2 Å². The molecule has 1 N–H and O–H groups in total. The summed E-state index contributed by atoms with van der Waals surface area (Å²) in [6, 6.07) is 3.37. The molecule has 0 aliphatic rings. The molecule has 1 heterocycles. The lowest BCUT2D eigenvalue weighted by molar-refractivity contribution is 0.0564. The number of nitrogens with one attached hydrogen (secondary N) is 1. The summed E-state index contributed by atoms with van der Waals surface area (Å²) in [5, 5.41) is 3.29. The Hall–Kier alpha value is -1.55. The van der Waals surface area contributed by atoms with Gasteiger partial charge in [-0.2, -0.15) is 0 Å². The summed E-state index contributed by atoms with van der Waals surface area (Å²) < 4.78 is 9.90. The number of rotatable bonds is 6. The van der Waals surface area contributed by atoms with Crippen LogP contribution in [0.5, 0.6) is 0 Å². The maximum Gasteiger partial charge on any atom is 0.373 e. The molecule has 0 aliphatic carbocycles. The van der Waals surface area contributed by atoms with Gasteiger partial charge < -0.3 is 14.5 Å². The van der Waals surface area contributed by atoms with Gasteiger partial charge in [-0.1, -0.05) is 12.5 Å². The SMILES string of the molecule is CCCNCC(C)=Cc1ccc(C(=O)OC)o1. The average molecular weight is 237 g/mol. The van der Waals surface area contributed by atoms with Gasteiger partial charge in [-0.25, -0.2) is 4.79 Å². The van der Waals surface area contributed by atoms with E-state index in [4.69, 9.17) is 4.42 Å². The zero-order valence-electron chi connectivity index (χ0n) is 10.6. The fraction of sp³-hybridized carbons (Fsp3) is 0.462. The second-order valence-corrected chi connectivity index (χ2v) is 3.86. The molecule has 1 aromatic heterocycles. The molecule has 0 saturated heterocycles. The van der Waals surface area contributed by atoms with Gasteiger partial charge in [0.25, 0.3) is 0 Å². The monoisotopic (exact) mass is 237 g/mol. The van der Waals surface area contributed by atoms with Crippen molar-refractivity contribution in [2.75, 3.05) is 20.2 Å². The van der Waals surface area contributed by atoms with Crippen molar-refractivity contribution in [3.05, 3.63) is 29.2 Å². The largest absolute Gasteiger partial charge is 0.463 e. The lowest BCUT2D eigenvalue weighted by Gasteiger charge is -2.01. The van der Waals surface area contributed by atoms with Crippen molar-refractivity contribution in [3.8, 4) is 0 Å². The number of esters is 1. The number of hydrogen-bond donors (Lipinski definition) is 1. The van der Waals surface area contributed by atoms with Crippen molar-refractivity contribution in [1.82, 2.24) is 5.32 Å². The Bertz CT molecular complexity index is 393. The molecule has 1 aromatic rings. The summed E-state index contributed by atoms with van der Waals surface area (Å²) >= 11 is 0. The summed E-state index contributed by atoms with van der Waals surface area (Å²) in [7, 11) is 1.33. The highest BCUT2D eigenvalue weighted by atomic mass is 16.5. The van der Waals surface area contributed by atoms with Crippen molar-refractivity contribution in [3.63, 3.8) is 0 Å². The van der Waals surface area contributed by atoms with Crippen LogP contribution >= 0.6 is 0 Å². The van der Waals surface area contributed by atoms with Gasteiger partial charge in [0, 0.05) is 6.54 Å². The number of ether oxygens (including phenoxy) is 1. The highest BCUT2D eigenvalue weighted by Gasteiger charge is 2.09. The van der Waals surface area contributed by atoms with Gasteiger partial charge in [-0.15, -0.1) is 0 Å². The third kappa shape index (κ3) is 4.44. The summed E-state index contributed by atoms with van der Waals surface area (Å²) in [6.45, 7) is 5.96. The second-order valence-electron chi connectivity index (χ2n) is 3.86. The van der Waals surface area contributed by atoms with Crippen LogP contribution in [0.15, 0.2) is 22.1 Å². The minimum absolute atomic E-state index is 0.230. The van der Waals surface area contributed by atoms with E-state index in [-0.39, 0.29) is 5.76 Å².